The summed E-state index contributed by atoms with van der Waals surface area (Å²) in [7, 11) is 1.93. The van der Waals surface area contributed by atoms with Crippen molar-refractivity contribution < 1.29 is 0 Å². The summed E-state index contributed by atoms with van der Waals surface area (Å²) >= 11 is 18.5. The molecule has 1 atom stereocenters. The molecule has 1 aromatic carbocycles. The molecule has 0 saturated heterocycles. The molecule has 1 nitrogen and oxygen atoms in total. The normalized spacial score (nSPS) is 12.7. The minimum absolute atomic E-state index is 0.0718. The van der Waals surface area contributed by atoms with E-state index in [9.17, 15) is 0 Å². The van der Waals surface area contributed by atoms with Gasteiger partial charge in [-0.3, -0.25) is 0 Å². The molecule has 1 N–H and O–H groups in total. The van der Waals surface area contributed by atoms with Gasteiger partial charge in [0.05, 0.1) is 13.6 Å². The summed E-state index contributed by atoms with van der Waals surface area (Å²) in [6.07, 6.45) is 0. The molecule has 18 heavy (non-hydrogen) atoms. The Morgan fingerprint density at radius 3 is 2.39 bits per heavy atom. The van der Waals surface area contributed by atoms with E-state index in [4.69, 9.17) is 11.6 Å². The van der Waals surface area contributed by atoms with Crippen LogP contribution in [0.4, 0.5) is 0 Å². The zero-order valence-corrected chi connectivity index (χ0v) is 15.6. The van der Waals surface area contributed by atoms with Gasteiger partial charge in [0, 0.05) is 9.50 Å². The van der Waals surface area contributed by atoms with Gasteiger partial charge in [-0.25, -0.2) is 0 Å². The van der Waals surface area contributed by atoms with Crippen molar-refractivity contribution in [3.8, 4) is 0 Å². The summed E-state index contributed by atoms with van der Waals surface area (Å²) in [4.78, 5) is 0. The summed E-state index contributed by atoms with van der Waals surface area (Å²) in [5.41, 5.74) is 2.24. The first-order valence-electron chi connectivity index (χ1n) is 5.10. The zero-order valence-electron chi connectivity index (χ0n) is 9.31. The van der Waals surface area contributed by atoms with Crippen LogP contribution in [-0.4, -0.2) is 7.05 Å². The molecule has 0 aliphatic heterocycles. The first-order chi connectivity index (χ1) is 8.52. The standard InChI is InChI=1S/C12H9Br3ClNS/c1-17-11(8-5-10(14)18-12(8)15)7-3-2-6(13)4-9(7)16/h2-5,11,17H,1H3. The summed E-state index contributed by atoms with van der Waals surface area (Å²) in [6, 6.07) is 8.12. The third-order valence-corrected chi connectivity index (χ3v) is 5.76. The fourth-order valence-electron chi connectivity index (χ4n) is 1.76. The van der Waals surface area contributed by atoms with Crippen molar-refractivity contribution in [3.05, 3.63) is 52.5 Å². The lowest BCUT2D eigenvalue weighted by Crippen LogP contribution is -2.17. The molecular weight excluding hydrogens is 465 g/mol. The second-order valence-electron chi connectivity index (χ2n) is 3.67. The highest BCUT2D eigenvalue weighted by Gasteiger charge is 2.19. The molecule has 0 amide bonds. The minimum atomic E-state index is 0.0718. The predicted molar refractivity (Wildman–Crippen MR) is 89.8 cm³/mol. The zero-order chi connectivity index (χ0) is 13.3. The van der Waals surface area contributed by atoms with E-state index in [1.54, 1.807) is 11.3 Å². The molecule has 2 aromatic rings. The fourth-order valence-corrected chi connectivity index (χ4v) is 5.45. The number of hydrogen-bond acceptors (Lipinski definition) is 2. The lowest BCUT2D eigenvalue weighted by atomic mass is 10.0. The first-order valence-corrected chi connectivity index (χ1v) is 8.67. The molecule has 0 saturated carbocycles. The highest BCUT2D eigenvalue weighted by molar-refractivity contribution is 9.12. The van der Waals surface area contributed by atoms with Crippen LogP contribution in [0.5, 0.6) is 0 Å². The van der Waals surface area contributed by atoms with Gasteiger partial charge in [0.15, 0.2) is 0 Å². The average molecular weight is 474 g/mol. The topological polar surface area (TPSA) is 12.0 Å². The van der Waals surface area contributed by atoms with Crippen molar-refractivity contribution >= 4 is 70.7 Å². The quantitative estimate of drug-likeness (QED) is 0.576. The monoisotopic (exact) mass is 471 g/mol. The van der Waals surface area contributed by atoms with E-state index in [-0.39, 0.29) is 6.04 Å². The van der Waals surface area contributed by atoms with Crippen molar-refractivity contribution in [2.45, 2.75) is 6.04 Å². The Morgan fingerprint density at radius 2 is 1.89 bits per heavy atom. The number of thiophene rings is 1. The molecule has 0 radical (unpaired) electrons. The number of hydrogen-bond donors (Lipinski definition) is 1. The van der Waals surface area contributed by atoms with Gasteiger partial charge in [-0.15, -0.1) is 11.3 Å². The lowest BCUT2D eigenvalue weighted by Gasteiger charge is -2.18. The van der Waals surface area contributed by atoms with E-state index in [1.807, 2.05) is 25.2 Å². The third kappa shape index (κ3) is 3.19. The van der Waals surface area contributed by atoms with Gasteiger partial charge in [-0.05, 0) is 68.2 Å². The summed E-state index contributed by atoms with van der Waals surface area (Å²) in [6.45, 7) is 0. The Kier molecular flexibility index (Phi) is 5.31. The highest BCUT2D eigenvalue weighted by Crippen LogP contribution is 2.39. The maximum atomic E-state index is 6.32. The van der Waals surface area contributed by atoms with Gasteiger partial charge < -0.3 is 5.32 Å². The van der Waals surface area contributed by atoms with Crippen LogP contribution < -0.4 is 5.32 Å². The molecule has 0 fully saturated rings. The first kappa shape index (κ1) is 15.0. The molecule has 0 bridgehead atoms. The second kappa shape index (κ2) is 6.37. The van der Waals surface area contributed by atoms with Crippen LogP contribution in [0.1, 0.15) is 17.2 Å². The van der Waals surface area contributed by atoms with E-state index in [0.29, 0.717) is 0 Å². The van der Waals surface area contributed by atoms with E-state index >= 15 is 0 Å². The number of halogens is 4. The van der Waals surface area contributed by atoms with Crippen LogP contribution in [0.15, 0.2) is 36.3 Å². The molecule has 0 aliphatic carbocycles. The Morgan fingerprint density at radius 1 is 1.17 bits per heavy atom. The Hall–Kier alpha value is 0.610. The van der Waals surface area contributed by atoms with Gasteiger partial charge in [-0.2, -0.15) is 0 Å². The minimum Gasteiger partial charge on any atom is -0.309 e. The van der Waals surface area contributed by atoms with Crippen molar-refractivity contribution in [3.63, 3.8) is 0 Å². The van der Waals surface area contributed by atoms with Gasteiger partial charge in [0.1, 0.15) is 0 Å². The second-order valence-corrected chi connectivity index (χ2v) is 8.74. The number of rotatable bonds is 3. The SMILES string of the molecule is CNC(c1ccc(Br)cc1Cl)c1cc(Br)sc1Br. The van der Waals surface area contributed by atoms with Crippen LogP contribution in [0.2, 0.25) is 5.02 Å². The van der Waals surface area contributed by atoms with Crippen LogP contribution in [0, 0.1) is 0 Å². The predicted octanol–water partition coefficient (Wildman–Crippen LogP) is 6.00. The van der Waals surface area contributed by atoms with Crippen LogP contribution in [0.25, 0.3) is 0 Å². The van der Waals surface area contributed by atoms with Crippen molar-refractivity contribution in [2.24, 2.45) is 0 Å². The fraction of sp³-hybridized carbons (Fsp3) is 0.167. The van der Waals surface area contributed by atoms with Crippen LogP contribution in [0.3, 0.4) is 0 Å². The Bertz CT molecular complexity index is 570. The van der Waals surface area contributed by atoms with E-state index in [2.05, 4.69) is 59.2 Å². The molecule has 1 unspecified atom stereocenters. The summed E-state index contributed by atoms with van der Waals surface area (Å²) < 4.78 is 3.18. The van der Waals surface area contributed by atoms with E-state index < -0.39 is 0 Å². The molecule has 6 heteroatoms. The van der Waals surface area contributed by atoms with Gasteiger partial charge in [0.2, 0.25) is 0 Å². The van der Waals surface area contributed by atoms with Gasteiger partial charge >= 0.3 is 0 Å². The Labute approximate surface area is 140 Å². The third-order valence-electron chi connectivity index (χ3n) is 2.56. The van der Waals surface area contributed by atoms with Crippen molar-refractivity contribution in [2.75, 3.05) is 7.05 Å². The van der Waals surface area contributed by atoms with Crippen LogP contribution in [-0.2, 0) is 0 Å². The smallest absolute Gasteiger partial charge is 0.0761 e. The van der Waals surface area contributed by atoms with E-state index in [1.165, 1.54) is 5.56 Å². The maximum absolute atomic E-state index is 6.32. The van der Waals surface area contributed by atoms with Crippen molar-refractivity contribution in [1.29, 1.82) is 0 Å². The molecule has 0 spiro atoms. The van der Waals surface area contributed by atoms with Gasteiger partial charge in [0.25, 0.3) is 0 Å². The molecule has 0 aliphatic rings. The average Bonchev–Trinajstić information content (AvgIpc) is 2.62. The Balaban J connectivity index is 2.48. The maximum Gasteiger partial charge on any atom is 0.0761 e. The molecule has 1 aromatic heterocycles. The largest absolute Gasteiger partial charge is 0.309 e. The summed E-state index contributed by atoms with van der Waals surface area (Å²) in [5.74, 6) is 0. The van der Waals surface area contributed by atoms with E-state index in [0.717, 1.165) is 22.6 Å². The highest BCUT2D eigenvalue weighted by atomic mass is 79.9. The number of nitrogens with one attached hydrogen (secondary N) is 1. The van der Waals surface area contributed by atoms with Crippen molar-refractivity contribution in [1.82, 2.24) is 5.32 Å². The summed E-state index contributed by atoms with van der Waals surface area (Å²) in [5, 5.41) is 4.05. The lowest BCUT2D eigenvalue weighted by molar-refractivity contribution is 0.692. The molecule has 1 heterocycles. The van der Waals surface area contributed by atoms with Crippen LogP contribution >= 0.6 is 70.7 Å². The van der Waals surface area contributed by atoms with Gasteiger partial charge in [-0.1, -0.05) is 33.6 Å². The molecular formula is C12H9Br3ClNS. The molecule has 2 rings (SSSR count). The molecule has 96 valence electrons. The number of benzene rings is 1.